The molecule has 0 aromatic heterocycles. The summed E-state index contributed by atoms with van der Waals surface area (Å²) in [4.78, 5) is 11.8. The third kappa shape index (κ3) is 2.94. The Labute approximate surface area is 170 Å². The number of halogens is 1. The molecule has 1 aliphatic heterocycles. The Hall–Kier alpha value is -0.590. The fourth-order valence-electron chi connectivity index (χ4n) is 2.63. The van der Waals surface area contributed by atoms with Gasteiger partial charge in [-0.1, -0.05) is 0 Å². The predicted octanol–water partition coefficient (Wildman–Crippen LogP) is 1.45. The fourth-order valence-corrected chi connectivity index (χ4v) is 9.78. The molecule has 2 aromatic rings. The van der Waals surface area contributed by atoms with Gasteiger partial charge in [0.15, 0.2) is 0 Å². The van der Waals surface area contributed by atoms with Crippen LogP contribution in [0.15, 0.2) is 42.5 Å². The second kappa shape index (κ2) is 6.37. The van der Waals surface area contributed by atoms with Crippen LogP contribution < -0.4 is 6.14 Å². The van der Waals surface area contributed by atoms with Crippen LogP contribution in [0.5, 0.6) is 11.5 Å². The first kappa shape index (κ1) is 17.2. The van der Waals surface area contributed by atoms with Crippen molar-refractivity contribution in [1.29, 1.82) is 0 Å². The van der Waals surface area contributed by atoms with Crippen LogP contribution in [0.25, 0.3) is 0 Å². The Bertz CT molecular complexity index is 833. The Morgan fingerprint density at radius 3 is 2.30 bits per heavy atom. The number of aromatic hydroxyl groups is 2. The van der Waals surface area contributed by atoms with E-state index >= 15 is 0 Å². The van der Waals surface area contributed by atoms with Gasteiger partial charge in [0.25, 0.3) is 0 Å². The Kier molecular flexibility index (Phi) is 4.78. The van der Waals surface area contributed by atoms with Crippen molar-refractivity contribution in [3.05, 3.63) is 58.6 Å². The van der Waals surface area contributed by atoms with Crippen LogP contribution in [-0.4, -0.2) is 16.2 Å². The van der Waals surface area contributed by atoms with Gasteiger partial charge in [0, 0.05) is 0 Å². The zero-order valence-corrected chi connectivity index (χ0v) is 23.8. The van der Waals surface area contributed by atoms with Gasteiger partial charge in [-0.25, -0.2) is 0 Å². The number of phenolic OH excluding ortho intramolecular Hbond substituents is 2. The molecule has 0 amide bonds. The number of esters is 1. The van der Waals surface area contributed by atoms with Crippen LogP contribution in [0.2, 0.25) is 5.02 Å². The average Bonchev–Trinajstić information content (AvgIpc) is 2.92. The molecule has 0 radical (unpaired) electrons. The van der Waals surface area contributed by atoms with E-state index in [2.05, 4.69) is 0 Å². The van der Waals surface area contributed by atoms with Crippen molar-refractivity contribution in [2.75, 3.05) is 0 Å². The van der Waals surface area contributed by atoms with E-state index in [1.54, 1.807) is 36.4 Å². The molecule has 7 heteroatoms. The molecule has 1 aliphatic rings. The maximum atomic E-state index is 11.8. The van der Waals surface area contributed by atoms with Crippen molar-refractivity contribution in [3.63, 3.8) is 0 Å². The van der Waals surface area contributed by atoms with Crippen LogP contribution in [0.4, 0.5) is 0 Å². The topological polar surface area (TPSA) is 66.8 Å². The molecule has 106 valence electrons. The number of rotatable bonds is 2. The summed E-state index contributed by atoms with van der Waals surface area (Å²) >= 11 is 6.14. The second-order valence-electron chi connectivity index (χ2n) is 5.26. The normalized spacial score (nSPS) is 20.0. The van der Waals surface area contributed by atoms with Crippen molar-refractivity contribution < 1.29 is 72.0 Å². The summed E-state index contributed by atoms with van der Waals surface area (Å²) in [5.41, 5.74) is 0.0157. The summed E-state index contributed by atoms with van der Waals surface area (Å²) < 4.78 is 7.01. The monoisotopic (exact) mass is 704 g/mol. The van der Waals surface area contributed by atoms with Crippen LogP contribution in [0, 0.1) is 0 Å². The van der Waals surface area contributed by atoms with Crippen molar-refractivity contribution >= 4 is 23.7 Å². The summed E-state index contributed by atoms with van der Waals surface area (Å²) in [6.45, 7) is 0. The number of hydrogen-bond donors (Lipinski definition) is 2. The van der Waals surface area contributed by atoms with Crippen LogP contribution >= 0.6 is 11.6 Å². The first-order chi connectivity index (χ1) is 10.8. The average molecular weight is 702 g/mol. The molecule has 3 rings (SSSR count). The molecular formula is C16H9ClHg2O4+2. The van der Waals surface area contributed by atoms with Gasteiger partial charge in [0.2, 0.25) is 0 Å². The summed E-state index contributed by atoms with van der Waals surface area (Å²) in [6.07, 6.45) is 3.00. The van der Waals surface area contributed by atoms with Gasteiger partial charge in [-0.15, -0.1) is 0 Å². The molecule has 0 bridgehead atoms. The third-order valence-electron chi connectivity index (χ3n) is 3.84. The number of phenols is 2. The van der Waals surface area contributed by atoms with Gasteiger partial charge in [0.05, 0.1) is 0 Å². The van der Waals surface area contributed by atoms with E-state index in [1.807, 2.05) is 0 Å². The number of cyclic esters (lactones) is 1. The molecule has 0 saturated carbocycles. The van der Waals surface area contributed by atoms with E-state index < -0.39 is 11.6 Å². The summed E-state index contributed by atoms with van der Waals surface area (Å²) in [5, 5.41) is 21.3. The first-order valence-corrected chi connectivity index (χ1v) is 12.6. The number of hydrogen-bond acceptors (Lipinski definition) is 4. The third-order valence-corrected chi connectivity index (χ3v) is 8.79. The zero-order chi connectivity index (χ0) is 16.8. The second-order valence-corrected chi connectivity index (χ2v) is 11.4. The molecular weight excluding hydrogens is 693 g/mol. The summed E-state index contributed by atoms with van der Waals surface area (Å²) in [7, 11) is 0. The van der Waals surface area contributed by atoms with Crippen LogP contribution in [0.1, 0.15) is 11.1 Å². The van der Waals surface area contributed by atoms with Gasteiger partial charge >= 0.3 is 171 Å². The predicted molar refractivity (Wildman–Crippen MR) is 76.5 cm³/mol. The Morgan fingerprint density at radius 1 is 1.09 bits per heavy atom. The molecule has 23 heavy (non-hydrogen) atoms. The first-order valence-electron chi connectivity index (χ1n) is 6.77. The van der Waals surface area contributed by atoms with E-state index in [0.717, 1.165) is 3.07 Å². The SMILES string of the molecule is O=C1C=CC(c2ccc(Cl)cc2)(c2c[c]([Hg+])c(O)[c]([Hg+])c2O)O1. The number of benzene rings is 2. The Morgan fingerprint density at radius 2 is 1.74 bits per heavy atom. The molecule has 4 nitrogen and oxygen atoms in total. The van der Waals surface area contributed by atoms with Gasteiger partial charge in [0.1, 0.15) is 0 Å². The summed E-state index contributed by atoms with van der Waals surface area (Å²) in [5.74, 6) is -0.265. The molecule has 2 aromatic carbocycles. The number of carbonyl (C=O) groups excluding carboxylic acids is 1. The standard InChI is InChI=1S/C16H9ClO4.2Hg/c17-11-3-1-10(2-4-11)16(8-7-15(20)21-16)13-6-5-12(18)9-14(13)19;;/h1-4,6-8,18-19H;;/q;2*+1. The molecule has 0 aliphatic carbocycles. The molecule has 0 fully saturated rings. The quantitative estimate of drug-likeness (QED) is 0.368. The van der Waals surface area contributed by atoms with E-state index in [9.17, 15) is 15.0 Å². The van der Waals surface area contributed by atoms with Gasteiger partial charge in [-0.2, -0.15) is 0 Å². The van der Waals surface area contributed by atoms with Crippen molar-refractivity contribution in [3.8, 4) is 11.5 Å². The van der Waals surface area contributed by atoms with E-state index in [4.69, 9.17) is 16.3 Å². The minimum atomic E-state index is -1.18. The maximum absolute atomic E-state index is 11.8. The van der Waals surface area contributed by atoms with Crippen LogP contribution in [0.3, 0.4) is 0 Å². The van der Waals surface area contributed by atoms with Crippen molar-refractivity contribution in [2.24, 2.45) is 0 Å². The van der Waals surface area contributed by atoms with E-state index in [1.165, 1.54) is 6.08 Å². The molecule has 1 unspecified atom stereocenters. The van der Waals surface area contributed by atoms with E-state index in [-0.39, 0.29) is 63.7 Å². The number of ether oxygens (including phenoxy) is 1. The fraction of sp³-hybridized carbons (Fsp3) is 0.0625. The van der Waals surface area contributed by atoms with Gasteiger partial charge in [-0.3, -0.25) is 0 Å². The Balaban J connectivity index is 2.29. The van der Waals surface area contributed by atoms with Gasteiger partial charge < -0.3 is 0 Å². The van der Waals surface area contributed by atoms with Crippen LogP contribution in [-0.2, 0) is 67.4 Å². The minimum absolute atomic E-state index is 0.00864. The molecule has 1 atom stereocenters. The van der Waals surface area contributed by atoms with E-state index in [0.29, 0.717) is 19.2 Å². The van der Waals surface area contributed by atoms with Crippen molar-refractivity contribution in [1.82, 2.24) is 0 Å². The number of carbonyl (C=O) groups is 1. The van der Waals surface area contributed by atoms with Crippen molar-refractivity contribution in [2.45, 2.75) is 5.60 Å². The van der Waals surface area contributed by atoms with Gasteiger partial charge in [-0.05, 0) is 0 Å². The molecule has 0 spiro atoms. The molecule has 0 saturated heterocycles. The molecule has 2 N–H and O–H groups in total. The molecule has 1 heterocycles. The summed E-state index contributed by atoms with van der Waals surface area (Å²) in [6, 6.07) is 8.71. The zero-order valence-electron chi connectivity index (χ0n) is 12.0.